The predicted molar refractivity (Wildman–Crippen MR) is 96.7 cm³/mol. The minimum absolute atomic E-state index is 0.192. The minimum Gasteiger partial charge on any atom is -0.477 e. The number of benzene rings is 1. The Morgan fingerprint density at radius 1 is 1.36 bits per heavy atom. The molecule has 1 amide bonds. The molecule has 7 nitrogen and oxygen atoms in total. The lowest BCUT2D eigenvalue weighted by Crippen LogP contribution is -2.26. The Hall–Kier alpha value is -2.35. The fourth-order valence-corrected chi connectivity index (χ4v) is 3.54. The summed E-state index contributed by atoms with van der Waals surface area (Å²) in [5, 5.41) is 12.8. The van der Waals surface area contributed by atoms with Crippen molar-refractivity contribution in [3.8, 4) is 5.88 Å². The highest BCUT2D eigenvalue weighted by molar-refractivity contribution is 9.10. The largest absolute Gasteiger partial charge is 0.477 e. The molecule has 0 atom stereocenters. The van der Waals surface area contributed by atoms with Gasteiger partial charge in [-0.05, 0) is 28.4 Å². The van der Waals surface area contributed by atoms with Crippen molar-refractivity contribution in [3.05, 3.63) is 40.6 Å². The van der Waals surface area contributed by atoms with Gasteiger partial charge in [0.1, 0.15) is 4.47 Å². The number of fused-ring (bicyclic) bond motifs is 2. The molecule has 130 valence electrons. The van der Waals surface area contributed by atoms with E-state index in [2.05, 4.69) is 31.4 Å². The number of carbonyl (C=O) groups excluding carboxylic acids is 1. The highest BCUT2D eigenvalue weighted by Crippen LogP contribution is 2.31. The maximum absolute atomic E-state index is 12.4. The van der Waals surface area contributed by atoms with Crippen molar-refractivity contribution in [2.24, 2.45) is 0 Å². The first-order valence-electron chi connectivity index (χ1n) is 8.32. The molecule has 1 aliphatic heterocycles. The third-order valence-corrected chi connectivity index (χ3v) is 4.92. The Balaban J connectivity index is 1.34. The Morgan fingerprint density at radius 3 is 3.12 bits per heavy atom. The third-order valence-electron chi connectivity index (χ3n) is 4.20. The SMILES string of the molecule is O=C(NCCCn1ncc2ccccc21)c1nn2c(c1Br)OCCC2. The molecule has 3 heterocycles. The molecule has 1 N–H and O–H groups in total. The summed E-state index contributed by atoms with van der Waals surface area (Å²) in [5.74, 6) is 0.446. The van der Waals surface area contributed by atoms with Crippen molar-refractivity contribution in [1.29, 1.82) is 0 Å². The molecule has 0 aliphatic carbocycles. The van der Waals surface area contributed by atoms with E-state index in [9.17, 15) is 4.79 Å². The van der Waals surface area contributed by atoms with Crippen LogP contribution in [0.3, 0.4) is 0 Å². The summed E-state index contributed by atoms with van der Waals surface area (Å²) >= 11 is 3.42. The van der Waals surface area contributed by atoms with E-state index < -0.39 is 0 Å². The van der Waals surface area contributed by atoms with Gasteiger partial charge < -0.3 is 10.1 Å². The lowest BCUT2D eigenvalue weighted by atomic mass is 10.2. The second-order valence-corrected chi connectivity index (χ2v) is 6.72. The standard InChI is InChI=1S/C17H18BrN5O2/c18-14-15(21-23-9-4-10-25-17(14)23)16(24)19-7-3-8-22-13-6-2-1-5-12(13)11-20-22/h1-2,5-6,11H,3-4,7-10H2,(H,19,24). The number of nitrogens with zero attached hydrogens (tertiary/aromatic N) is 4. The summed E-state index contributed by atoms with van der Waals surface area (Å²) in [6, 6.07) is 8.09. The molecular weight excluding hydrogens is 386 g/mol. The van der Waals surface area contributed by atoms with Crippen LogP contribution in [-0.4, -0.2) is 38.6 Å². The minimum atomic E-state index is -0.192. The number of hydrogen-bond donors (Lipinski definition) is 1. The molecular formula is C17H18BrN5O2. The number of hydrogen-bond acceptors (Lipinski definition) is 4. The van der Waals surface area contributed by atoms with Crippen LogP contribution in [-0.2, 0) is 13.1 Å². The molecule has 0 saturated heterocycles. The molecule has 0 fully saturated rings. The van der Waals surface area contributed by atoms with Gasteiger partial charge in [0.2, 0.25) is 5.88 Å². The number of para-hydroxylation sites is 1. The summed E-state index contributed by atoms with van der Waals surface area (Å²) in [4.78, 5) is 12.4. The molecule has 0 bridgehead atoms. The Labute approximate surface area is 153 Å². The fourth-order valence-electron chi connectivity index (χ4n) is 2.96. The lowest BCUT2D eigenvalue weighted by Gasteiger charge is -2.14. The average Bonchev–Trinajstić information content (AvgIpc) is 3.20. The van der Waals surface area contributed by atoms with Gasteiger partial charge in [-0.1, -0.05) is 18.2 Å². The lowest BCUT2D eigenvalue weighted by molar-refractivity contribution is 0.0946. The maximum atomic E-state index is 12.4. The summed E-state index contributed by atoms with van der Waals surface area (Å²) in [5.41, 5.74) is 1.48. The van der Waals surface area contributed by atoms with Crippen LogP contribution in [0.4, 0.5) is 0 Å². The molecule has 8 heteroatoms. The van der Waals surface area contributed by atoms with Gasteiger partial charge in [-0.25, -0.2) is 4.68 Å². The van der Waals surface area contributed by atoms with Crippen molar-refractivity contribution >= 4 is 32.7 Å². The number of rotatable bonds is 5. The first-order chi connectivity index (χ1) is 12.2. The van der Waals surface area contributed by atoms with E-state index in [4.69, 9.17) is 4.74 Å². The van der Waals surface area contributed by atoms with Gasteiger partial charge >= 0.3 is 0 Å². The quantitative estimate of drug-likeness (QED) is 0.664. The van der Waals surface area contributed by atoms with Crippen molar-refractivity contribution in [1.82, 2.24) is 24.9 Å². The highest BCUT2D eigenvalue weighted by Gasteiger charge is 2.24. The van der Waals surface area contributed by atoms with E-state index in [1.54, 1.807) is 4.68 Å². The van der Waals surface area contributed by atoms with Crippen molar-refractivity contribution in [2.75, 3.05) is 13.2 Å². The van der Waals surface area contributed by atoms with Crippen molar-refractivity contribution < 1.29 is 9.53 Å². The van der Waals surface area contributed by atoms with Gasteiger partial charge in [-0.3, -0.25) is 9.48 Å². The third kappa shape index (κ3) is 3.13. The molecule has 0 unspecified atom stereocenters. The summed E-state index contributed by atoms with van der Waals surface area (Å²) in [6.45, 7) is 2.73. The molecule has 0 saturated carbocycles. The van der Waals surface area contributed by atoms with E-state index in [0.717, 1.165) is 36.8 Å². The number of aromatic nitrogens is 4. The number of aryl methyl sites for hydroxylation is 2. The number of nitrogens with one attached hydrogen (secondary N) is 1. The van der Waals surface area contributed by atoms with E-state index >= 15 is 0 Å². The second-order valence-electron chi connectivity index (χ2n) is 5.93. The van der Waals surface area contributed by atoms with Crippen LogP contribution in [0.5, 0.6) is 5.88 Å². The van der Waals surface area contributed by atoms with E-state index in [1.165, 1.54) is 0 Å². The van der Waals surface area contributed by atoms with Crippen LogP contribution in [0.1, 0.15) is 23.3 Å². The van der Waals surface area contributed by atoms with Gasteiger partial charge in [-0.2, -0.15) is 10.2 Å². The molecule has 25 heavy (non-hydrogen) atoms. The maximum Gasteiger partial charge on any atom is 0.273 e. The monoisotopic (exact) mass is 403 g/mol. The zero-order valence-electron chi connectivity index (χ0n) is 13.6. The fraction of sp³-hybridized carbons (Fsp3) is 0.353. The van der Waals surface area contributed by atoms with Crippen LogP contribution in [0.2, 0.25) is 0 Å². The smallest absolute Gasteiger partial charge is 0.273 e. The first kappa shape index (κ1) is 16.1. The van der Waals surface area contributed by atoms with Crippen LogP contribution < -0.4 is 10.1 Å². The average molecular weight is 404 g/mol. The Bertz CT molecular complexity index is 917. The zero-order valence-corrected chi connectivity index (χ0v) is 15.2. The molecule has 3 aromatic rings. The number of amides is 1. The van der Waals surface area contributed by atoms with Crippen LogP contribution in [0.25, 0.3) is 10.9 Å². The van der Waals surface area contributed by atoms with Crippen LogP contribution >= 0.6 is 15.9 Å². The molecule has 1 aromatic carbocycles. The van der Waals surface area contributed by atoms with Gasteiger partial charge in [0, 0.05) is 31.4 Å². The first-order valence-corrected chi connectivity index (χ1v) is 9.11. The molecule has 0 spiro atoms. The number of carbonyl (C=O) groups is 1. The van der Waals surface area contributed by atoms with Gasteiger partial charge in [-0.15, -0.1) is 0 Å². The number of halogens is 1. The van der Waals surface area contributed by atoms with Gasteiger partial charge in [0.05, 0.1) is 18.3 Å². The van der Waals surface area contributed by atoms with E-state index in [-0.39, 0.29) is 5.91 Å². The predicted octanol–water partition coefficient (Wildman–Crippen LogP) is 2.60. The molecule has 1 aliphatic rings. The van der Waals surface area contributed by atoms with Crippen molar-refractivity contribution in [2.45, 2.75) is 25.9 Å². The van der Waals surface area contributed by atoms with Crippen LogP contribution in [0, 0.1) is 0 Å². The second kappa shape index (κ2) is 6.87. The van der Waals surface area contributed by atoms with E-state index in [1.807, 2.05) is 35.1 Å². The van der Waals surface area contributed by atoms with Crippen molar-refractivity contribution in [3.63, 3.8) is 0 Å². The molecule has 4 rings (SSSR count). The van der Waals surface area contributed by atoms with Gasteiger partial charge in [0.25, 0.3) is 5.91 Å². The van der Waals surface area contributed by atoms with Gasteiger partial charge in [0.15, 0.2) is 5.69 Å². The summed E-state index contributed by atoms with van der Waals surface area (Å²) in [6.07, 6.45) is 3.56. The Morgan fingerprint density at radius 2 is 2.24 bits per heavy atom. The topological polar surface area (TPSA) is 74.0 Å². The van der Waals surface area contributed by atoms with Crippen LogP contribution in [0.15, 0.2) is 34.9 Å². The molecule has 2 aromatic heterocycles. The molecule has 0 radical (unpaired) electrons. The normalized spacial score (nSPS) is 13.5. The summed E-state index contributed by atoms with van der Waals surface area (Å²) < 4.78 is 9.88. The Kier molecular flexibility index (Phi) is 4.44. The number of ether oxygens (including phenoxy) is 1. The summed E-state index contributed by atoms with van der Waals surface area (Å²) in [7, 11) is 0. The highest BCUT2D eigenvalue weighted by atomic mass is 79.9. The van der Waals surface area contributed by atoms with E-state index in [0.29, 0.717) is 29.2 Å². The zero-order chi connectivity index (χ0) is 17.2.